The number of piperidine rings is 1. The molecule has 0 radical (unpaired) electrons. The molecule has 0 spiro atoms. The molecular formula is C15H24N4. The standard InChI is InChI=1S/C15H24N4/c1-4-10-19(11-5-1)15(7-2-3-8-15)12-17-14-6-9-16-13-18-14/h6,9,13H,1-5,7-8,10-12H2,(H,16,17,18). The summed E-state index contributed by atoms with van der Waals surface area (Å²) in [5.74, 6) is 0.957. The van der Waals surface area contributed by atoms with Crippen LogP contribution >= 0.6 is 0 Å². The van der Waals surface area contributed by atoms with Gasteiger partial charge in [-0.15, -0.1) is 0 Å². The predicted molar refractivity (Wildman–Crippen MR) is 77.1 cm³/mol. The van der Waals surface area contributed by atoms with Crippen LogP contribution in [0.4, 0.5) is 5.82 Å². The lowest BCUT2D eigenvalue weighted by Crippen LogP contribution is -2.53. The molecule has 0 unspecified atom stereocenters. The summed E-state index contributed by atoms with van der Waals surface area (Å²) in [6, 6.07) is 1.96. The molecule has 0 atom stereocenters. The Bertz CT molecular complexity index is 380. The van der Waals surface area contributed by atoms with Crippen LogP contribution in [0, 0.1) is 0 Å². The predicted octanol–water partition coefficient (Wildman–Crippen LogP) is 2.69. The zero-order chi connectivity index (χ0) is 13.0. The molecule has 4 heteroatoms. The zero-order valence-electron chi connectivity index (χ0n) is 11.6. The smallest absolute Gasteiger partial charge is 0.129 e. The SMILES string of the molecule is c1cc(NCC2(N3CCCCC3)CCCC2)ncn1. The molecule has 1 aliphatic heterocycles. The Kier molecular flexibility index (Phi) is 3.97. The Morgan fingerprint density at radius 3 is 2.58 bits per heavy atom. The van der Waals surface area contributed by atoms with Crippen LogP contribution in [0.3, 0.4) is 0 Å². The van der Waals surface area contributed by atoms with Crippen LogP contribution in [0.1, 0.15) is 44.9 Å². The molecule has 19 heavy (non-hydrogen) atoms. The maximum absolute atomic E-state index is 4.28. The van der Waals surface area contributed by atoms with Crippen molar-refractivity contribution >= 4 is 5.82 Å². The average molecular weight is 260 g/mol. The highest BCUT2D eigenvalue weighted by Crippen LogP contribution is 2.37. The lowest BCUT2D eigenvalue weighted by atomic mass is 9.92. The maximum Gasteiger partial charge on any atom is 0.129 e. The Hall–Kier alpha value is -1.16. The third-order valence-electron chi connectivity index (χ3n) is 4.74. The molecule has 1 N–H and O–H groups in total. The molecule has 2 heterocycles. The number of likely N-dealkylation sites (tertiary alicyclic amines) is 1. The second-order valence-corrected chi connectivity index (χ2v) is 5.93. The van der Waals surface area contributed by atoms with Gasteiger partial charge in [0.15, 0.2) is 0 Å². The first-order chi connectivity index (χ1) is 9.39. The fourth-order valence-corrected chi connectivity index (χ4v) is 3.66. The third-order valence-corrected chi connectivity index (χ3v) is 4.74. The van der Waals surface area contributed by atoms with Crippen molar-refractivity contribution in [1.82, 2.24) is 14.9 Å². The van der Waals surface area contributed by atoms with E-state index >= 15 is 0 Å². The van der Waals surface area contributed by atoms with Gasteiger partial charge in [-0.1, -0.05) is 19.3 Å². The van der Waals surface area contributed by atoms with Gasteiger partial charge in [0.2, 0.25) is 0 Å². The largest absolute Gasteiger partial charge is 0.368 e. The first-order valence-electron chi connectivity index (χ1n) is 7.64. The van der Waals surface area contributed by atoms with Crippen LogP contribution in [0.15, 0.2) is 18.6 Å². The summed E-state index contributed by atoms with van der Waals surface area (Å²) in [6.45, 7) is 3.60. The average Bonchev–Trinajstić information content (AvgIpc) is 2.97. The number of hydrogen-bond acceptors (Lipinski definition) is 4. The highest BCUT2D eigenvalue weighted by atomic mass is 15.2. The summed E-state index contributed by atoms with van der Waals surface area (Å²) in [4.78, 5) is 11.0. The monoisotopic (exact) mass is 260 g/mol. The van der Waals surface area contributed by atoms with E-state index in [1.165, 1.54) is 58.0 Å². The molecule has 2 aliphatic rings. The number of anilines is 1. The third kappa shape index (κ3) is 2.89. The molecular weight excluding hydrogens is 236 g/mol. The van der Waals surface area contributed by atoms with Crippen molar-refractivity contribution in [2.75, 3.05) is 25.0 Å². The maximum atomic E-state index is 4.28. The molecule has 0 bridgehead atoms. The topological polar surface area (TPSA) is 41.0 Å². The minimum Gasteiger partial charge on any atom is -0.368 e. The summed E-state index contributed by atoms with van der Waals surface area (Å²) in [5.41, 5.74) is 0.380. The molecule has 1 saturated carbocycles. The van der Waals surface area contributed by atoms with Crippen molar-refractivity contribution in [3.8, 4) is 0 Å². The molecule has 0 amide bonds. The number of hydrogen-bond donors (Lipinski definition) is 1. The Labute approximate surface area is 115 Å². The molecule has 3 rings (SSSR count). The minimum atomic E-state index is 0.380. The van der Waals surface area contributed by atoms with E-state index in [1.807, 2.05) is 6.07 Å². The number of rotatable bonds is 4. The summed E-state index contributed by atoms with van der Waals surface area (Å²) in [7, 11) is 0. The molecule has 1 aliphatic carbocycles. The fourth-order valence-electron chi connectivity index (χ4n) is 3.66. The molecule has 1 aromatic rings. The molecule has 0 aromatic carbocycles. The second-order valence-electron chi connectivity index (χ2n) is 5.93. The van der Waals surface area contributed by atoms with E-state index in [2.05, 4.69) is 20.2 Å². The Morgan fingerprint density at radius 1 is 1.11 bits per heavy atom. The lowest BCUT2D eigenvalue weighted by Gasteiger charge is -2.43. The first-order valence-corrected chi connectivity index (χ1v) is 7.64. The Balaban J connectivity index is 1.66. The quantitative estimate of drug-likeness (QED) is 0.903. The van der Waals surface area contributed by atoms with Crippen molar-refractivity contribution in [2.45, 2.75) is 50.5 Å². The van der Waals surface area contributed by atoms with E-state index in [0.29, 0.717) is 5.54 Å². The zero-order valence-corrected chi connectivity index (χ0v) is 11.6. The van der Waals surface area contributed by atoms with Gasteiger partial charge >= 0.3 is 0 Å². The van der Waals surface area contributed by atoms with Gasteiger partial charge < -0.3 is 5.32 Å². The van der Waals surface area contributed by atoms with Crippen molar-refractivity contribution in [1.29, 1.82) is 0 Å². The Morgan fingerprint density at radius 2 is 1.89 bits per heavy atom. The van der Waals surface area contributed by atoms with Crippen LogP contribution in [-0.2, 0) is 0 Å². The van der Waals surface area contributed by atoms with E-state index in [4.69, 9.17) is 0 Å². The summed E-state index contributed by atoms with van der Waals surface area (Å²) in [5, 5.41) is 3.53. The van der Waals surface area contributed by atoms with Gasteiger partial charge in [0, 0.05) is 18.3 Å². The van der Waals surface area contributed by atoms with Gasteiger partial charge in [-0.05, 0) is 44.8 Å². The molecule has 1 saturated heterocycles. The highest BCUT2D eigenvalue weighted by molar-refractivity contribution is 5.32. The van der Waals surface area contributed by atoms with E-state index in [9.17, 15) is 0 Å². The molecule has 4 nitrogen and oxygen atoms in total. The molecule has 104 valence electrons. The molecule has 1 aromatic heterocycles. The van der Waals surface area contributed by atoms with Crippen LogP contribution in [0.25, 0.3) is 0 Å². The van der Waals surface area contributed by atoms with Crippen molar-refractivity contribution in [3.05, 3.63) is 18.6 Å². The van der Waals surface area contributed by atoms with Gasteiger partial charge in [0.25, 0.3) is 0 Å². The lowest BCUT2D eigenvalue weighted by molar-refractivity contribution is 0.0808. The van der Waals surface area contributed by atoms with Crippen LogP contribution in [0.2, 0.25) is 0 Å². The van der Waals surface area contributed by atoms with Gasteiger partial charge in [0.1, 0.15) is 12.1 Å². The molecule has 2 fully saturated rings. The summed E-state index contributed by atoms with van der Waals surface area (Å²) in [6.07, 6.45) is 13.0. The van der Waals surface area contributed by atoms with Gasteiger partial charge in [-0.3, -0.25) is 4.90 Å². The van der Waals surface area contributed by atoms with Gasteiger partial charge in [-0.25, -0.2) is 9.97 Å². The van der Waals surface area contributed by atoms with Crippen molar-refractivity contribution in [2.24, 2.45) is 0 Å². The number of nitrogens with one attached hydrogen (secondary N) is 1. The van der Waals surface area contributed by atoms with Gasteiger partial charge in [0.05, 0.1) is 0 Å². The second kappa shape index (κ2) is 5.87. The summed E-state index contributed by atoms with van der Waals surface area (Å²) >= 11 is 0. The van der Waals surface area contributed by atoms with Crippen molar-refractivity contribution < 1.29 is 0 Å². The fraction of sp³-hybridized carbons (Fsp3) is 0.733. The minimum absolute atomic E-state index is 0.380. The van der Waals surface area contributed by atoms with Crippen LogP contribution in [0.5, 0.6) is 0 Å². The highest BCUT2D eigenvalue weighted by Gasteiger charge is 2.39. The van der Waals surface area contributed by atoms with E-state index < -0.39 is 0 Å². The first kappa shape index (κ1) is 12.9. The normalized spacial score (nSPS) is 23.4. The summed E-state index contributed by atoms with van der Waals surface area (Å²) < 4.78 is 0. The van der Waals surface area contributed by atoms with Gasteiger partial charge in [-0.2, -0.15) is 0 Å². The number of aromatic nitrogens is 2. The van der Waals surface area contributed by atoms with E-state index in [1.54, 1.807) is 12.5 Å². The van der Waals surface area contributed by atoms with E-state index in [0.717, 1.165) is 12.4 Å². The van der Waals surface area contributed by atoms with Crippen LogP contribution < -0.4 is 5.32 Å². The van der Waals surface area contributed by atoms with Crippen LogP contribution in [-0.4, -0.2) is 40.0 Å². The number of nitrogens with zero attached hydrogens (tertiary/aromatic N) is 3. The van der Waals surface area contributed by atoms with E-state index in [-0.39, 0.29) is 0 Å². The van der Waals surface area contributed by atoms with Crippen molar-refractivity contribution in [3.63, 3.8) is 0 Å².